The van der Waals surface area contributed by atoms with Crippen LogP contribution in [-0.4, -0.2) is 39.3 Å². The normalized spacial score (nSPS) is 16.4. The van der Waals surface area contributed by atoms with E-state index in [-0.39, 0.29) is 11.9 Å². The fraction of sp³-hybridized carbons (Fsp3) is 0.300. The largest absolute Gasteiger partial charge is 0.486 e. The molecule has 1 N–H and O–H groups in total. The summed E-state index contributed by atoms with van der Waals surface area (Å²) in [5.41, 5.74) is 2.34. The first-order chi connectivity index (χ1) is 13.8. The molecule has 8 heteroatoms. The van der Waals surface area contributed by atoms with Gasteiger partial charge in [0.1, 0.15) is 19.5 Å². The van der Waals surface area contributed by atoms with Crippen molar-refractivity contribution >= 4 is 5.91 Å². The Bertz CT molecular complexity index is 1000. The topological polar surface area (TPSA) is 91.2 Å². The highest BCUT2D eigenvalue weighted by Crippen LogP contribution is 2.43. The van der Waals surface area contributed by atoms with Crippen molar-refractivity contribution in [1.29, 1.82) is 0 Å². The van der Waals surface area contributed by atoms with Crippen molar-refractivity contribution in [3.05, 3.63) is 59.9 Å². The summed E-state index contributed by atoms with van der Waals surface area (Å²) in [6, 6.07) is 13.1. The van der Waals surface area contributed by atoms with Crippen molar-refractivity contribution in [3.63, 3.8) is 0 Å². The lowest BCUT2D eigenvalue weighted by Crippen LogP contribution is -2.30. The van der Waals surface area contributed by atoms with Crippen LogP contribution in [0, 0.1) is 5.92 Å². The molecule has 1 saturated carbocycles. The van der Waals surface area contributed by atoms with Crippen molar-refractivity contribution in [2.45, 2.75) is 18.9 Å². The fourth-order valence-corrected chi connectivity index (χ4v) is 3.45. The van der Waals surface area contributed by atoms with E-state index in [1.807, 2.05) is 30.3 Å². The van der Waals surface area contributed by atoms with Gasteiger partial charge in [0, 0.05) is 5.56 Å². The Kier molecular flexibility index (Phi) is 4.16. The highest BCUT2D eigenvalue weighted by Gasteiger charge is 2.34. The average Bonchev–Trinajstić information content (AvgIpc) is 3.44. The number of ether oxygens (including phenoxy) is 2. The standard InChI is InChI=1S/C20H19N5O3/c26-20(15-2-1-3-16(10-15)25-12-21-23-24-25)22-19(13-4-5-13)14-6-7-17-18(11-14)28-9-8-27-17/h1-3,6-7,10-13,19H,4-5,8-9H2,(H,22,26). The van der Waals surface area contributed by atoms with Crippen molar-refractivity contribution in [2.75, 3.05) is 13.2 Å². The van der Waals surface area contributed by atoms with Gasteiger partial charge in [0.25, 0.3) is 5.91 Å². The summed E-state index contributed by atoms with van der Waals surface area (Å²) in [6.45, 7) is 1.10. The summed E-state index contributed by atoms with van der Waals surface area (Å²) in [5, 5.41) is 14.3. The molecule has 0 bridgehead atoms. The van der Waals surface area contributed by atoms with Crippen molar-refractivity contribution in [1.82, 2.24) is 25.5 Å². The molecule has 0 radical (unpaired) electrons. The molecule has 1 amide bonds. The van der Waals surface area contributed by atoms with Crippen LogP contribution in [0.25, 0.3) is 5.69 Å². The van der Waals surface area contributed by atoms with E-state index >= 15 is 0 Å². The summed E-state index contributed by atoms with van der Waals surface area (Å²) in [4.78, 5) is 12.9. The Hall–Kier alpha value is -3.42. The molecule has 2 heterocycles. The number of fused-ring (bicyclic) bond motifs is 1. The van der Waals surface area contributed by atoms with Gasteiger partial charge < -0.3 is 14.8 Å². The summed E-state index contributed by atoms with van der Waals surface area (Å²) >= 11 is 0. The number of nitrogens with one attached hydrogen (secondary N) is 1. The van der Waals surface area contributed by atoms with Gasteiger partial charge in [-0.2, -0.15) is 0 Å². The first-order valence-electron chi connectivity index (χ1n) is 9.32. The summed E-state index contributed by atoms with van der Waals surface area (Å²) in [7, 11) is 0. The second-order valence-electron chi connectivity index (χ2n) is 7.00. The lowest BCUT2D eigenvalue weighted by atomic mass is 10.0. The Morgan fingerprint density at radius 3 is 2.75 bits per heavy atom. The molecule has 1 aromatic heterocycles. The molecule has 2 aromatic carbocycles. The fourth-order valence-electron chi connectivity index (χ4n) is 3.45. The van der Waals surface area contributed by atoms with Crippen molar-refractivity contribution in [2.24, 2.45) is 5.92 Å². The maximum atomic E-state index is 12.9. The van der Waals surface area contributed by atoms with Crippen LogP contribution in [0.4, 0.5) is 0 Å². The van der Waals surface area contributed by atoms with Crippen LogP contribution < -0.4 is 14.8 Å². The number of carbonyl (C=O) groups is 1. The number of nitrogens with zero attached hydrogens (tertiary/aromatic N) is 4. The zero-order valence-electron chi connectivity index (χ0n) is 15.1. The second kappa shape index (κ2) is 6.95. The Morgan fingerprint density at radius 1 is 1.11 bits per heavy atom. The van der Waals surface area contributed by atoms with Gasteiger partial charge in [0.15, 0.2) is 11.5 Å². The SMILES string of the molecule is O=C(NC(c1ccc2c(c1)OCCO2)C1CC1)c1cccc(-n2cnnn2)c1. The predicted molar refractivity (Wildman–Crippen MR) is 99.5 cm³/mol. The number of hydrogen-bond acceptors (Lipinski definition) is 6. The summed E-state index contributed by atoms with van der Waals surface area (Å²) in [6.07, 6.45) is 3.70. The number of amides is 1. The van der Waals surface area contributed by atoms with Crippen LogP contribution in [0.15, 0.2) is 48.8 Å². The molecule has 5 rings (SSSR count). The van der Waals surface area contributed by atoms with E-state index < -0.39 is 0 Å². The number of tetrazole rings is 1. The third kappa shape index (κ3) is 3.28. The summed E-state index contributed by atoms with van der Waals surface area (Å²) in [5.74, 6) is 1.81. The molecule has 28 heavy (non-hydrogen) atoms. The van der Waals surface area contributed by atoms with Crippen LogP contribution in [0.5, 0.6) is 11.5 Å². The zero-order chi connectivity index (χ0) is 18.9. The van der Waals surface area contributed by atoms with E-state index in [1.54, 1.807) is 12.1 Å². The molecular weight excluding hydrogens is 358 g/mol. The van der Waals surface area contributed by atoms with E-state index in [4.69, 9.17) is 9.47 Å². The molecule has 1 aliphatic carbocycles. The number of aromatic nitrogens is 4. The Labute approximate surface area is 161 Å². The number of benzene rings is 2. The molecule has 1 unspecified atom stereocenters. The van der Waals surface area contributed by atoms with E-state index in [2.05, 4.69) is 20.8 Å². The van der Waals surface area contributed by atoms with E-state index in [1.165, 1.54) is 11.0 Å². The minimum absolute atomic E-state index is 0.0555. The Balaban J connectivity index is 1.39. The van der Waals surface area contributed by atoms with Gasteiger partial charge in [-0.15, -0.1) is 5.10 Å². The van der Waals surface area contributed by atoms with Gasteiger partial charge >= 0.3 is 0 Å². The molecule has 142 valence electrons. The molecule has 2 aliphatic rings. The van der Waals surface area contributed by atoms with Gasteiger partial charge in [0.2, 0.25) is 0 Å². The minimum Gasteiger partial charge on any atom is -0.486 e. The first-order valence-corrected chi connectivity index (χ1v) is 9.32. The van der Waals surface area contributed by atoms with Crippen LogP contribution >= 0.6 is 0 Å². The zero-order valence-corrected chi connectivity index (χ0v) is 15.1. The average molecular weight is 377 g/mol. The molecule has 8 nitrogen and oxygen atoms in total. The summed E-state index contributed by atoms with van der Waals surface area (Å²) < 4.78 is 12.8. The molecular formula is C20H19N5O3. The van der Waals surface area contributed by atoms with Crippen LogP contribution in [0.1, 0.15) is 34.8 Å². The van der Waals surface area contributed by atoms with E-state index in [0.29, 0.717) is 24.7 Å². The van der Waals surface area contributed by atoms with Crippen molar-refractivity contribution < 1.29 is 14.3 Å². The van der Waals surface area contributed by atoms with E-state index in [0.717, 1.165) is 35.6 Å². The molecule has 3 aromatic rings. The van der Waals surface area contributed by atoms with Gasteiger partial charge in [0.05, 0.1) is 11.7 Å². The molecule has 1 fully saturated rings. The third-order valence-electron chi connectivity index (χ3n) is 5.03. The van der Waals surface area contributed by atoms with Gasteiger partial charge in [-0.05, 0) is 65.1 Å². The predicted octanol–water partition coefficient (Wildman–Crippen LogP) is 2.31. The smallest absolute Gasteiger partial charge is 0.251 e. The molecule has 1 aliphatic heterocycles. The molecule has 0 saturated heterocycles. The number of hydrogen-bond donors (Lipinski definition) is 1. The first kappa shape index (κ1) is 16.7. The number of rotatable bonds is 5. The lowest BCUT2D eigenvalue weighted by Gasteiger charge is -2.23. The van der Waals surface area contributed by atoms with Crippen LogP contribution in [0.2, 0.25) is 0 Å². The number of carbonyl (C=O) groups excluding carboxylic acids is 1. The molecule has 0 spiro atoms. The quantitative estimate of drug-likeness (QED) is 0.734. The Morgan fingerprint density at radius 2 is 1.96 bits per heavy atom. The van der Waals surface area contributed by atoms with Crippen molar-refractivity contribution in [3.8, 4) is 17.2 Å². The lowest BCUT2D eigenvalue weighted by molar-refractivity contribution is 0.0931. The third-order valence-corrected chi connectivity index (χ3v) is 5.03. The van der Waals surface area contributed by atoms with Gasteiger partial charge in [-0.25, -0.2) is 4.68 Å². The van der Waals surface area contributed by atoms with Crippen LogP contribution in [-0.2, 0) is 0 Å². The monoisotopic (exact) mass is 377 g/mol. The second-order valence-corrected chi connectivity index (χ2v) is 7.00. The highest BCUT2D eigenvalue weighted by atomic mass is 16.6. The molecule has 1 atom stereocenters. The van der Waals surface area contributed by atoms with Crippen LogP contribution in [0.3, 0.4) is 0 Å². The van der Waals surface area contributed by atoms with Gasteiger partial charge in [-0.3, -0.25) is 4.79 Å². The van der Waals surface area contributed by atoms with Gasteiger partial charge in [-0.1, -0.05) is 12.1 Å². The highest BCUT2D eigenvalue weighted by molar-refractivity contribution is 5.95. The maximum absolute atomic E-state index is 12.9. The minimum atomic E-state index is -0.123. The van der Waals surface area contributed by atoms with E-state index in [9.17, 15) is 4.79 Å². The maximum Gasteiger partial charge on any atom is 0.251 e.